The van der Waals surface area contributed by atoms with Gasteiger partial charge in [0.15, 0.2) is 4.99 Å². The van der Waals surface area contributed by atoms with Gasteiger partial charge in [-0.15, -0.1) is 0 Å². The molecule has 0 bridgehead atoms. The van der Waals surface area contributed by atoms with E-state index in [-0.39, 0.29) is 10.7 Å². The third-order valence-corrected chi connectivity index (χ3v) is 1.98. The number of non-ortho nitro benzene ring substituents is 1. The lowest BCUT2D eigenvalue weighted by Crippen LogP contribution is -2.07. The van der Waals surface area contributed by atoms with Crippen LogP contribution in [0.3, 0.4) is 0 Å². The summed E-state index contributed by atoms with van der Waals surface area (Å²) in [5.41, 5.74) is 1.23. The Balaban J connectivity index is 3.07. The highest BCUT2D eigenvalue weighted by molar-refractivity contribution is 7.81. The molecule has 1 N–H and O–H groups in total. The Morgan fingerprint density at radius 3 is 2.87 bits per heavy atom. The fraction of sp³-hybridized carbons (Fsp3) is 0.111. The van der Waals surface area contributed by atoms with E-state index >= 15 is 0 Å². The number of thiocarbonyl (C=S) groups is 1. The van der Waals surface area contributed by atoms with Crippen molar-refractivity contribution in [3.8, 4) is 6.07 Å². The molecule has 0 aliphatic heterocycles. The maximum atomic E-state index is 10.5. The quantitative estimate of drug-likeness (QED) is 0.470. The molecular formula is C9H7N3O2S. The molecule has 5 nitrogen and oxygen atoms in total. The molecule has 0 heterocycles. The van der Waals surface area contributed by atoms with Gasteiger partial charge in [-0.05, 0) is 24.7 Å². The predicted molar refractivity (Wildman–Crippen MR) is 59.7 cm³/mol. The molecule has 0 aliphatic carbocycles. The molecule has 0 aliphatic rings. The van der Waals surface area contributed by atoms with Crippen molar-refractivity contribution >= 4 is 28.6 Å². The molecule has 0 fully saturated rings. The number of nitriles is 1. The van der Waals surface area contributed by atoms with Crippen LogP contribution in [0.1, 0.15) is 5.56 Å². The third-order valence-electron chi connectivity index (χ3n) is 1.78. The second kappa shape index (κ2) is 4.48. The molecule has 1 aromatic carbocycles. The minimum atomic E-state index is -0.500. The van der Waals surface area contributed by atoms with Gasteiger partial charge in [-0.2, -0.15) is 5.26 Å². The average Bonchev–Trinajstić information content (AvgIpc) is 2.20. The molecule has 15 heavy (non-hydrogen) atoms. The van der Waals surface area contributed by atoms with Gasteiger partial charge in [0.2, 0.25) is 0 Å². The monoisotopic (exact) mass is 221 g/mol. The maximum Gasteiger partial charge on any atom is 0.271 e. The highest BCUT2D eigenvalue weighted by Gasteiger charge is 2.09. The van der Waals surface area contributed by atoms with Crippen LogP contribution < -0.4 is 5.32 Å². The van der Waals surface area contributed by atoms with Crippen molar-refractivity contribution < 1.29 is 4.92 Å². The summed E-state index contributed by atoms with van der Waals surface area (Å²) in [7, 11) is 0. The normalized spacial score (nSPS) is 9.07. The molecule has 0 aromatic heterocycles. The van der Waals surface area contributed by atoms with E-state index in [1.54, 1.807) is 19.1 Å². The summed E-state index contributed by atoms with van der Waals surface area (Å²) in [5.74, 6) is 0. The number of nitro benzene ring substituents is 1. The van der Waals surface area contributed by atoms with E-state index in [1.807, 2.05) is 0 Å². The van der Waals surface area contributed by atoms with Crippen molar-refractivity contribution in [3.63, 3.8) is 0 Å². The molecule has 0 radical (unpaired) electrons. The Morgan fingerprint density at radius 1 is 1.67 bits per heavy atom. The smallest absolute Gasteiger partial charge is 0.271 e. The number of aryl methyl sites for hydroxylation is 1. The zero-order valence-corrected chi connectivity index (χ0v) is 8.67. The fourth-order valence-corrected chi connectivity index (χ4v) is 1.12. The number of anilines is 1. The lowest BCUT2D eigenvalue weighted by Gasteiger charge is -2.05. The van der Waals surface area contributed by atoms with Crippen molar-refractivity contribution in [1.82, 2.24) is 0 Å². The maximum absolute atomic E-state index is 10.5. The number of benzene rings is 1. The number of nitrogens with zero attached hydrogens (tertiary/aromatic N) is 2. The van der Waals surface area contributed by atoms with Gasteiger partial charge < -0.3 is 5.32 Å². The van der Waals surface area contributed by atoms with Crippen LogP contribution in [-0.4, -0.2) is 9.91 Å². The van der Waals surface area contributed by atoms with E-state index in [0.29, 0.717) is 5.69 Å². The van der Waals surface area contributed by atoms with Crippen LogP contribution >= 0.6 is 12.2 Å². The molecule has 0 atom stereocenters. The first-order valence-electron chi connectivity index (χ1n) is 4.00. The molecule has 0 saturated carbocycles. The highest BCUT2D eigenvalue weighted by Crippen LogP contribution is 2.21. The van der Waals surface area contributed by atoms with Crippen LogP contribution in [0.4, 0.5) is 11.4 Å². The van der Waals surface area contributed by atoms with Gasteiger partial charge in [-0.3, -0.25) is 10.1 Å². The van der Waals surface area contributed by atoms with Gasteiger partial charge in [0, 0.05) is 17.8 Å². The van der Waals surface area contributed by atoms with Gasteiger partial charge in [0.05, 0.1) is 4.92 Å². The summed E-state index contributed by atoms with van der Waals surface area (Å²) in [6.45, 7) is 1.77. The van der Waals surface area contributed by atoms with Crippen LogP contribution in [0.15, 0.2) is 18.2 Å². The van der Waals surface area contributed by atoms with Gasteiger partial charge >= 0.3 is 0 Å². The van der Waals surface area contributed by atoms with Gasteiger partial charge in [-0.25, -0.2) is 0 Å². The first-order chi connectivity index (χ1) is 7.04. The van der Waals surface area contributed by atoms with Crippen LogP contribution in [0.5, 0.6) is 0 Å². The Labute approximate surface area is 91.5 Å². The van der Waals surface area contributed by atoms with E-state index < -0.39 is 4.92 Å². The van der Waals surface area contributed by atoms with Gasteiger partial charge in [0.1, 0.15) is 6.07 Å². The Kier molecular flexibility index (Phi) is 3.31. The van der Waals surface area contributed by atoms with E-state index in [1.165, 1.54) is 12.1 Å². The van der Waals surface area contributed by atoms with Crippen molar-refractivity contribution in [2.45, 2.75) is 6.92 Å². The summed E-state index contributed by atoms with van der Waals surface area (Å²) in [5, 5.41) is 21.6. The Morgan fingerprint density at radius 2 is 2.33 bits per heavy atom. The number of hydrogen-bond acceptors (Lipinski definition) is 4. The lowest BCUT2D eigenvalue weighted by atomic mass is 10.2. The largest absolute Gasteiger partial charge is 0.337 e. The Bertz CT molecular complexity index is 465. The van der Waals surface area contributed by atoms with E-state index in [0.717, 1.165) is 5.56 Å². The van der Waals surface area contributed by atoms with Gasteiger partial charge in [-0.1, -0.05) is 6.07 Å². The molecule has 6 heteroatoms. The van der Waals surface area contributed by atoms with E-state index in [9.17, 15) is 10.1 Å². The SMILES string of the molecule is Cc1ccc([N+](=O)[O-])cc1NC(=S)C#N. The highest BCUT2D eigenvalue weighted by atomic mass is 32.1. The van der Waals surface area contributed by atoms with Crippen LogP contribution in [0.25, 0.3) is 0 Å². The second-order valence-corrected chi connectivity index (χ2v) is 3.23. The first kappa shape index (κ1) is 11.1. The summed E-state index contributed by atoms with van der Waals surface area (Å²) in [4.78, 5) is 9.98. The van der Waals surface area contributed by atoms with Crippen LogP contribution in [-0.2, 0) is 0 Å². The first-order valence-corrected chi connectivity index (χ1v) is 4.41. The summed E-state index contributed by atoms with van der Waals surface area (Å²) in [6, 6.07) is 6.08. The fourth-order valence-electron chi connectivity index (χ4n) is 1.01. The predicted octanol–water partition coefficient (Wildman–Crippen LogP) is 2.17. The minimum absolute atomic E-state index is 0.0152. The van der Waals surface area contributed by atoms with Gasteiger partial charge in [0.25, 0.3) is 5.69 Å². The minimum Gasteiger partial charge on any atom is -0.337 e. The topological polar surface area (TPSA) is 79.0 Å². The Hall–Kier alpha value is -2.00. The molecule has 0 amide bonds. The molecule has 0 unspecified atom stereocenters. The van der Waals surface area contributed by atoms with E-state index in [2.05, 4.69) is 17.5 Å². The van der Waals surface area contributed by atoms with Crippen LogP contribution in [0.2, 0.25) is 0 Å². The van der Waals surface area contributed by atoms with Crippen molar-refractivity contribution in [1.29, 1.82) is 5.26 Å². The number of rotatable bonds is 2. The molecule has 0 saturated heterocycles. The molecule has 0 spiro atoms. The molecule has 76 valence electrons. The number of hydrogen-bond donors (Lipinski definition) is 1. The lowest BCUT2D eigenvalue weighted by molar-refractivity contribution is -0.384. The molecule has 1 rings (SSSR count). The zero-order valence-electron chi connectivity index (χ0n) is 7.85. The summed E-state index contributed by atoms with van der Waals surface area (Å²) >= 11 is 4.66. The number of nitro groups is 1. The number of nitrogens with one attached hydrogen (secondary N) is 1. The zero-order chi connectivity index (χ0) is 11.4. The van der Waals surface area contributed by atoms with Crippen molar-refractivity contribution in [2.24, 2.45) is 0 Å². The average molecular weight is 221 g/mol. The summed E-state index contributed by atoms with van der Waals surface area (Å²) in [6.07, 6.45) is 0. The molecule has 1 aromatic rings. The van der Waals surface area contributed by atoms with Crippen molar-refractivity contribution in [2.75, 3.05) is 5.32 Å². The standard InChI is InChI=1S/C9H7N3O2S/c1-6-2-3-7(12(13)14)4-8(6)11-9(15)5-10/h2-4H,1H3,(H,11,15). The third kappa shape index (κ3) is 2.72. The van der Waals surface area contributed by atoms with E-state index in [4.69, 9.17) is 5.26 Å². The molecular weight excluding hydrogens is 214 g/mol. The second-order valence-electron chi connectivity index (χ2n) is 2.82. The van der Waals surface area contributed by atoms with Crippen molar-refractivity contribution in [3.05, 3.63) is 33.9 Å². The van der Waals surface area contributed by atoms with Crippen LogP contribution in [0, 0.1) is 28.4 Å². The summed E-state index contributed by atoms with van der Waals surface area (Å²) < 4.78 is 0.